The number of aryl methyl sites for hydroxylation is 1. The zero-order valence-electron chi connectivity index (χ0n) is 10.6. The number of benzene rings is 1. The number of nitrogens with two attached hydrogens (primary N) is 1. The number of hydrogen-bond acceptors (Lipinski definition) is 1. The van der Waals surface area contributed by atoms with Crippen LogP contribution in [-0.4, -0.2) is 0 Å². The van der Waals surface area contributed by atoms with E-state index in [2.05, 4.69) is 12.6 Å². The van der Waals surface area contributed by atoms with Crippen molar-refractivity contribution in [3.8, 4) is 0 Å². The second kappa shape index (κ2) is 7.52. The molecule has 1 unspecified atom stereocenters. The van der Waals surface area contributed by atoms with Gasteiger partial charge in [-0.1, -0.05) is 42.7 Å². The van der Waals surface area contributed by atoms with Crippen LogP contribution in [-0.2, 0) is 0 Å². The molecule has 0 aliphatic rings. The van der Waals surface area contributed by atoms with E-state index in [0.717, 1.165) is 23.4 Å². The molecule has 0 saturated carbocycles. The summed E-state index contributed by atoms with van der Waals surface area (Å²) >= 11 is 6.00. The minimum absolute atomic E-state index is 0.134. The lowest BCUT2D eigenvalue weighted by Gasteiger charge is -2.13. The summed E-state index contributed by atoms with van der Waals surface area (Å²) < 4.78 is 0. The summed E-state index contributed by atoms with van der Waals surface area (Å²) in [7, 11) is 0. The predicted molar refractivity (Wildman–Crippen MR) is 76.4 cm³/mol. The van der Waals surface area contributed by atoms with Gasteiger partial charge in [0.15, 0.2) is 0 Å². The molecule has 0 bridgehead atoms. The zero-order chi connectivity index (χ0) is 12.7. The van der Waals surface area contributed by atoms with Crippen LogP contribution in [0.25, 0.3) is 0 Å². The summed E-state index contributed by atoms with van der Waals surface area (Å²) in [5.74, 6) is 0. The highest BCUT2D eigenvalue weighted by Crippen LogP contribution is 2.22. The van der Waals surface area contributed by atoms with Crippen LogP contribution in [0.3, 0.4) is 0 Å². The number of allylic oxidation sites excluding steroid dienone is 1. The van der Waals surface area contributed by atoms with Crippen molar-refractivity contribution >= 4 is 11.6 Å². The normalized spacial score (nSPS) is 12.4. The minimum Gasteiger partial charge on any atom is -0.324 e. The van der Waals surface area contributed by atoms with Gasteiger partial charge in [0.2, 0.25) is 0 Å². The van der Waals surface area contributed by atoms with Crippen molar-refractivity contribution < 1.29 is 0 Å². The number of halogens is 1. The standard InChI is InChI=1S/C15H22ClN/c1-3-4-5-6-7-8-15(17)13-9-10-14(16)12(2)11-13/h3,9-11,15H,1,4-8,17H2,2H3. The molecule has 0 saturated heterocycles. The van der Waals surface area contributed by atoms with Gasteiger partial charge in [-0.25, -0.2) is 0 Å². The third kappa shape index (κ3) is 4.93. The maximum absolute atomic E-state index is 6.17. The third-order valence-electron chi connectivity index (χ3n) is 3.03. The minimum atomic E-state index is 0.134. The first-order valence-corrected chi connectivity index (χ1v) is 6.65. The third-order valence-corrected chi connectivity index (χ3v) is 3.46. The molecule has 0 fully saturated rings. The van der Waals surface area contributed by atoms with Crippen molar-refractivity contribution in [2.24, 2.45) is 5.73 Å². The summed E-state index contributed by atoms with van der Waals surface area (Å²) in [6, 6.07) is 6.19. The van der Waals surface area contributed by atoms with E-state index in [9.17, 15) is 0 Å². The molecule has 0 aromatic heterocycles. The molecule has 1 aromatic carbocycles. The van der Waals surface area contributed by atoms with Crippen LogP contribution in [0.15, 0.2) is 30.9 Å². The predicted octanol–water partition coefficient (Wildman–Crippen LogP) is 4.78. The maximum Gasteiger partial charge on any atom is 0.0435 e. The van der Waals surface area contributed by atoms with E-state index in [1.165, 1.54) is 24.8 Å². The molecule has 0 aliphatic carbocycles. The molecule has 1 rings (SSSR count). The Balaban J connectivity index is 2.38. The van der Waals surface area contributed by atoms with Crippen molar-refractivity contribution in [3.05, 3.63) is 47.0 Å². The summed E-state index contributed by atoms with van der Waals surface area (Å²) in [5, 5.41) is 0.812. The van der Waals surface area contributed by atoms with E-state index in [4.69, 9.17) is 17.3 Å². The lowest BCUT2D eigenvalue weighted by molar-refractivity contribution is 0.572. The van der Waals surface area contributed by atoms with Gasteiger partial charge in [-0.15, -0.1) is 6.58 Å². The lowest BCUT2D eigenvalue weighted by Crippen LogP contribution is -2.10. The Kier molecular flexibility index (Phi) is 6.31. The van der Waals surface area contributed by atoms with Crippen molar-refractivity contribution in [1.82, 2.24) is 0 Å². The molecule has 94 valence electrons. The number of rotatable bonds is 7. The molecule has 0 amide bonds. The molecule has 2 N–H and O–H groups in total. The van der Waals surface area contributed by atoms with E-state index in [0.29, 0.717) is 0 Å². The Hall–Kier alpha value is -0.790. The molecule has 0 heterocycles. The van der Waals surface area contributed by atoms with E-state index < -0.39 is 0 Å². The Morgan fingerprint density at radius 3 is 2.76 bits per heavy atom. The van der Waals surface area contributed by atoms with Crippen LogP contribution >= 0.6 is 11.6 Å². The SMILES string of the molecule is C=CCCCCCC(N)c1ccc(Cl)c(C)c1. The molecular weight excluding hydrogens is 230 g/mol. The fraction of sp³-hybridized carbons (Fsp3) is 0.467. The van der Waals surface area contributed by atoms with Gasteiger partial charge in [0.05, 0.1) is 0 Å². The first-order valence-electron chi connectivity index (χ1n) is 6.27. The Bertz CT molecular complexity index is 360. The molecule has 0 aliphatic heterocycles. The van der Waals surface area contributed by atoms with Gasteiger partial charge in [-0.2, -0.15) is 0 Å². The second-order valence-electron chi connectivity index (χ2n) is 4.54. The Labute approximate surface area is 110 Å². The van der Waals surface area contributed by atoms with Crippen LogP contribution < -0.4 is 5.73 Å². The average Bonchev–Trinajstić information content (AvgIpc) is 2.32. The van der Waals surface area contributed by atoms with Crippen molar-refractivity contribution in [1.29, 1.82) is 0 Å². The number of unbranched alkanes of at least 4 members (excludes halogenated alkanes) is 3. The molecule has 17 heavy (non-hydrogen) atoms. The van der Waals surface area contributed by atoms with E-state index in [1.807, 2.05) is 25.1 Å². The molecule has 0 spiro atoms. The van der Waals surface area contributed by atoms with E-state index >= 15 is 0 Å². The molecule has 1 aromatic rings. The first-order chi connectivity index (χ1) is 8.15. The van der Waals surface area contributed by atoms with Gasteiger partial charge >= 0.3 is 0 Å². The molecule has 2 heteroatoms. The smallest absolute Gasteiger partial charge is 0.0435 e. The van der Waals surface area contributed by atoms with Gasteiger partial charge in [-0.3, -0.25) is 0 Å². The second-order valence-corrected chi connectivity index (χ2v) is 4.95. The van der Waals surface area contributed by atoms with Crippen molar-refractivity contribution in [3.63, 3.8) is 0 Å². The molecule has 1 atom stereocenters. The highest BCUT2D eigenvalue weighted by atomic mass is 35.5. The average molecular weight is 252 g/mol. The Morgan fingerprint density at radius 1 is 1.35 bits per heavy atom. The summed E-state index contributed by atoms with van der Waals surface area (Å²) in [4.78, 5) is 0. The summed E-state index contributed by atoms with van der Waals surface area (Å²) in [6.07, 6.45) is 7.74. The van der Waals surface area contributed by atoms with Gasteiger partial charge in [0.1, 0.15) is 0 Å². The fourth-order valence-corrected chi connectivity index (χ4v) is 2.01. The zero-order valence-corrected chi connectivity index (χ0v) is 11.3. The van der Waals surface area contributed by atoms with Crippen LogP contribution in [0.4, 0.5) is 0 Å². The summed E-state index contributed by atoms with van der Waals surface area (Å²) in [5.41, 5.74) is 8.46. The Morgan fingerprint density at radius 2 is 2.12 bits per heavy atom. The highest BCUT2D eigenvalue weighted by Gasteiger charge is 2.06. The van der Waals surface area contributed by atoms with Crippen molar-refractivity contribution in [2.45, 2.75) is 45.1 Å². The van der Waals surface area contributed by atoms with Gasteiger partial charge in [0, 0.05) is 11.1 Å². The van der Waals surface area contributed by atoms with E-state index in [-0.39, 0.29) is 6.04 Å². The molecule has 1 nitrogen and oxygen atoms in total. The topological polar surface area (TPSA) is 26.0 Å². The van der Waals surface area contributed by atoms with E-state index in [1.54, 1.807) is 0 Å². The van der Waals surface area contributed by atoms with Crippen LogP contribution in [0.5, 0.6) is 0 Å². The van der Waals surface area contributed by atoms with Gasteiger partial charge in [0.25, 0.3) is 0 Å². The maximum atomic E-state index is 6.17. The van der Waals surface area contributed by atoms with Crippen LogP contribution in [0.2, 0.25) is 5.02 Å². The molecule has 0 radical (unpaired) electrons. The molecular formula is C15H22ClN. The van der Waals surface area contributed by atoms with Crippen LogP contribution in [0.1, 0.15) is 49.3 Å². The monoisotopic (exact) mass is 251 g/mol. The fourth-order valence-electron chi connectivity index (χ4n) is 1.89. The largest absolute Gasteiger partial charge is 0.324 e. The highest BCUT2D eigenvalue weighted by molar-refractivity contribution is 6.31. The van der Waals surface area contributed by atoms with Gasteiger partial charge < -0.3 is 5.73 Å². The number of hydrogen-bond donors (Lipinski definition) is 1. The lowest BCUT2D eigenvalue weighted by atomic mass is 9.99. The summed E-state index contributed by atoms with van der Waals surface area (Å²) in [6.45, 7) is 5.74. The van der Waals surface area contributed by atoms with Gasteiger partial charge in [-0.05, 0) is 43.4 Å². The quantitative estimate of drug-likeness (QED) is 0.548. The first kappa shape index (κ1) is 14.3. The van der Waals surface area contributed by atoms with Crippen LogP contribution in [0, 0.1) is 6.92 Å². The van der Waals surface area contributed by atoms with Crippen molar-refractivity contribution in [2.75, 3.05) is 0 Å².